The van der Waals surface area contributed by atoms with E-state index in [1.165, 1.54) is 6.20 Å². The lowest BCUT2D eigenvalue weighted by Gasteiger charge is -2.40. The van der Waals surface area contributed by atoms with Gasteiger partial charge in [0.25, 0.3) is 5.91 Å². The Bertz CT molecular complexity index is 1600. The van der Waals surface area contributed by atoms with Gasteiger partial charge < -0.3 is 20.1 Å². The number of hydrogen-bond donors (Lipinski definition) is 2. The van der Waals surface area contributed by atoms with Crippen molar-refractivity contribution in [2.75, 3.05) is 19.7 Å². The van der Waals surface area contributed by atoms with Gasteiger partial charge >= 0.3 is 0 Å². The molecule has 3 aromatic rings. The number of aryl methyl sites for hydroxylation is 1. The number of pyridine rings is 2. The molecule has 11 nitrogen and oxygen atoms in total. The van der Waals surface area contributed by atoms with E-state index in [0.717, 1.165) is 11.5 Å². The smallest absolute Gasteiger partial charge is 0.271 e. The largest absolute Gasteiger partial charge is 0.489 e. The first-order chi connectivity index (χ1) is 19.8. The second-order valence-corrected chi connectivity index (χ2v) is 11.7. The Hall–Kier alpha value is -4.27. The van der Waals surface area contributed by atoms with Crippen LogP contribution in [-0.2, 0) is 0 Å². The second-order valence-electron chi connectivity index (χ2n) is 11.3. The minimum absolute atomic E-state index is 0.0605. The van der Waals surface area contributed by atoms with E-state index in [4.69, 9.17) is 16.3 Å². The summed E-state index contributed by atoms with van der Waals surface area (Å²) < 4.78 is 7.34. The van der Waals surface area contributed by atoms with Crippen molar-refractivity contribution in [2.24, 2.45) is 9.98 Å². The average Bonchev–Trinajstić information content (AvgIpc) is 3.36. The summed E-state index contributed by atoms with van der Waals surface area (Å²) in [5.74, 6) is 0.931. The van der Waals surface area contributed by atoms with E-state index in [9.17, 15) is 15.2 Å². The van der Waals surface area contributed by atoms with E-state index < -0.39 is 11.1 Å². The van der Waals surface area contributed by atoms with E-state index in [-0.39, 0.29) is 18.2 Å². The minimum atomic E-state index is -1.04. The van der Waals surface area contributed by atoms with Crippen molar-refractivity contribution in [3.63, 3.8) is 0 Å². The number of amidine groups is 1. The van der Waals surface area contributed by atoms with E-state index in [0.29, 0.717) is 59.0 Å². The van der Waals surface area contributed by atoms with Crippen LogP contribution in [0.25, 0.3) is 11.2 Å². The molecule has 4 heterocycles. The van der Waals surface area contributed by atoms with Crippen LogP contribution in [0.15, 0.2) is 46.8 Å². The molecule has 0 aliphatic carbocycles. The third kappa shape index (κ3) is 7.13. The van der Waals surface area contributed by atoms with Gasteiger partial charge in [0.1, 0.15) is 30.0 Å². The van der Waals surface area contributed by atoms with Crippen LogP contribution in [0.2, 0.25) is 5.02 Å². The van der Waals surface area contributed by atoms with Crippen molar-refractivity contribution in [2.45, 2.75) is 58.6 Å². The maximum absolute atomic E-state index is 12.9. The van der Waals surface area contributed by atoms with Crippen LogP contribution in [0, 0.1) is 18.3 Å². The minimum Gasteiger partial charge on any atom is -0.489 e. The number of likely N-dealkylation sites (tertiary alicyclic amines) is 1. The van der Waals surface area contributed by atoms with Gasteiger partial charge in [-0.05, 0) is 72.4 Å². The molecule has 1 amide bonds. The number of piperidine rings is 1. The van der Waals surface area contributed by atoms with E-state index in [1.807, 2.05) is 20.8 Å². The molecule has 3 aromatic heterocycles. The molecule has 0 bridgehead atoms. The highest BCUT2D eigenvalue weighted by Crippen LogP contribution is 2.29. The van der Waals surface area contributed by atoms with Crippen LogP contribution in [0.3, 0.4) is 0 Å². The molecule has 0 atom stereocenters. The van der Waals surface area contributed by atoms with Gasteiger partial charge in [-0.1, -0.05) is 11.6 Å². The van der Waals surface area contributed by atoms with Gasteiger partial charge in [0.2, 0.25) is 0 Å². The lowest BCUT2D eigenvalue weighted by atomic mass is 9.89. The maximum Gasteiger partial charge on any atom is 0.271 e. The standard InChI is InChI=1S/C30H35ClN8O3/c1-19-7-8-24(31)26(36-19)28(40)37-30(5)9-11-38(12-10-30)20(2)34-16-25(33-6)23-13-22(42-18-29(3,4)41)17-39-27(23)21(14-32)15-35-39/h7-8,13,15-17,41H,6,9-12,18H2,1-5H3,(H,37,40)/b25-16-,34-20+. The van der Waals surface area contributed by atoms with Crippen molar-refractivity contribution >= 4 is 41.3 Å². The second kappa shape index (κ2) is 12.3. The normalized spacial score (nSPS) is 15.8. The summed E-state index contributed by atoms with van der Waals surface area (Å²) in [7, 11) is 0. The summed E-state index contributed by atoms with van der Waals surface area (Å²) in [5.41, 5.74) is 1.42. The van der Waals surface area contributed by atoms with Crippen molar-refractivity contribution in [3.8, 4) is 11.8 Å². The SMILES string of the molecule is C=N/C(=C\N=C(/C)N1CCC(C)(NC(=O)c2nc(C)ccc2Cl)CC1)c1cc(OCC(C)(C)O)cn2ncc(C#N)c12. The number of rotatable bonds is 8. The predicted octanol–water partition coefficient (Wildman–Crippen LogP) is 4.41. The van der Waals surface area contributed by atoms with Crippen molar-refractivity contribution in [1.29, 1.82) is 5.26 Å². The average molecular weight is 591 g/mol. The number of ether oxygens (including phenoxy) is 1. The zero-order chi connectivity index (χ0) is 30.7. The number of nitrogens with one attached hydrogen (secondary N) is 1. The number of halogens is 1. The molecule has 1 fully saturated rings. The Kier molecular flexibility index (Phi) is 8.99. The molecule has 4 rings (SSSR count). The molecule has 1 aliphatic heterocycles. The van der Waals surface area contributed by atoms with E-state index in [1.54, 1.807) is 49.0 Å². The lowest BCUT2D eigenvalue weighted by molar-refractivity contribution is 0.0283. The van der Waals surface area contributed by atoms with Gasteiger partial charge in [-0.25, -0.2) is 14.5 Å². The topological polar surface area (TPSA) is 140 Å². The first-order valence-electron chi connectivity index (χ1n) is 13.5. The number of nitrogens with zero attached hydrogens (tertiary/aromatic N) is 7. The number of hydrogen-bond acceptors (Lipinski definition) is 8. The molecular weight excluding hydrogens is 556 g/mol. The quantitative estimate of drug-likeness (QED) is 0.292. The molecule has 1 aliphatic rings. The number of carbonyl (C=O) groups is 1. The Morgan fingerprint density at radius 3 is 2.74 bits per heavy atom. The van der Waals surface area contributed by atoms with Gasteiger partial charge in [0.15, 0.2) is 0 Å². The predicted molar refractivity (Wildman–Crippen MR) is 163 cm³/mol. The lowest BCUT2D eigenvalue weighted by Crippen LogP contribution is -2.54. The van der Waals surface area contributed by atoms with E-state index in [2.05, 4.69) is 43.1 Å². The highest BCUT2D eigenvalue weighted by atomic mass is 35.5. The molecule has 0 saturated carbocycles. The zero-order valence-electron chi connectivity index (χ0n) is 24.5. The Labute approximate surface area is 250 Å². The van der Waals surface area contributed by atoms with Crippen LogP contribution >= 0.6 is 11.6 Å². The molecule has 0 aromatic carbocycles. The fraction of sp³-hybridized carbons (Fsp3) is 0.400. The molecule has 0 radical (unpaired) electrons. The number of aliphatic hydroxyl groups is 1. The highest BCUT2D eigenvalue weighted by Gasteiger charge is 2.33. The number of aliphatic imine (C=N–C) groups is 2. The first kappa shape index (κ1) is 30.7. The number of carbonyl (C=O) groups excluding carboxylic acids is 1. The monoisotopic (exact) mass is 590 g/mol. The first-order valence-corrected chi connectivity index (χ1v) is 13.9. The van der Waals surface area contributed by atoms with Gasteiger partial charge in [-0.15, -0.1) is 0 Å². The Morgan fingerprint density at radius 1 is 1.38 bits per heavy atom. The van der Waals surface area contributed by atoms with Gasteiger partial charge in [-0.2, -0.15) is 10.4 Å². The molecule has 12 heteroatoms. The zero-order valence-corrected chi connectivity index (χ0v) is 25.2. The third-order valence-electron chi connectivity index (χ3n) is 7.06. The summed E-state index contributed by atoms with van der Waals surface area (Å²) in [5, 5.41) is 27.5. The maximum atomic E-state index is 12.9. The van der Waals surface area contributed by atoms with Crippen molar-refractivity contribution in [1.82, 2.24) is 24.8 Å². The van der Waals surface area contributed by atoms with Crippen molar-refractivity contribution < 1.29 is 14.6 Å². The number of amides is 1. The Balaban J connectivity index is 1.52. The fourth-order valence-corrected chi connectivity index (χ4v) is 4.82. The molecule has 2 N–H and O–H groups in total. The van der Waals surface area contributed by atoms with Crippen LogP contribution in [0.4, 0.5) is 0 Å². The summed E-state index contributed by atoms with van der Waals surface area (Å²) >= 11 is 6.22. The molecule has 220 valence electrons. The van der Waals surface area contributed by atoms with Crippen LogP contribution < -0.4 is 10.1 Å². The van der Waals surface area contributed by atoms with Gasteiger partial charge in [0.05, 0.1) is 46.0 Å². The summed E-state index contributed by atoms with van der Waals surface area (Å²) in [6, 6.07) is 7.35. The molecular formula is C30H35ClN8O3. The van der Waals surface area contributed by atoms with Crippen LogP contribution in [-0.4, -0.2) is 73.9 Å². The van der Waals surface area contributed by atoms with Crippen LogP contribution in [0.1, 0.15) is 67.8 Å². The van der Waals surface area contributed by atoms with E-state index >= 15 is 0 Å². The number of aromatic nitrogens is 3. The fourth-order valence-electron chi connectivity index (χ4n) is 4.63. The van der Waals surface area contributed by atoms with Gasteiger partial charge in [-0.3, -0.25) is 9.79 Å². The Morgan fingerprint density at radius 2 is 2.10 bits per heavy atom. The molecule has 0 spiro atoms. The van der Waals surface area contributed by atoms with Crippen molar-refractivity contribution in [3.05, 3.63) is 64.3 Å². The highest BCUT2D eigenvalue weighted by molar-refractivity contribution is 6.33. The van der Waals surface area contributed by atoms with Crippen LogP contribution in [0.5, 0.6) is 5.75 Å². The van der Waals surface area contributed by atoms with Gasteiger partial charge in [0, 0.05) is 29.9 Å². The third-order valence-corrected chi connectivity index (χ3v) is 7.36. The number of fused-ring (bicyclic) bond motifs is 1. The molecule has 42 heavy (non-hydrogen) atoms. The summed E-state index contributed by atoms with van der Waals surface area (Å²) in [4.78, 5) is 28.2. The number of nitriles is 1. The summed E-state index contributed by atoms with van der Waals surface area (Å²) in [6.07, 6.45) is 6.13. The molecule has 0 unspecified atom stereocenters. The molecule has 1 saturated heterocycles. The summed E-state index contributed by atoms with van der Waals surface area (Å²) in [6.45, 7) is 14.2.